The van der Waals surface area contributed by atoms with E-state index in [1.807, 2.05) is 27.2 Å². The summed E-state index contributed by atoms with van der Waals surface area (Å²) in [6.45, 7) is 4.67. The van der Waals surface area contributed by atoms with Crippen LogP contribution >= 0.6 is 7.82 Å². The second kappa shape index (κ2) is 52.6. The van der Waals surface area contributed by atoms with Gasteiger partial charge in [-0.1, -0.05) is 269 Å². The second-order valence-corrected chi connectivity index (χ2v) is 23.5. The molecule has 0 saturated carbocycles. The Balaban J connectivity index is 4.20. The number of likely N-dealkylation sites (N-methyl/N-ethyl adjacent to an activating group) is 1. The lowest BCUT2D eigenvalue weighted by Crippen LogP contribution is -2.45. The number of aliphatic hydroxyl groups excluding tert-OH is 1. The van der Waals surface area contributed by atoms with Crippen molar-refractivity contribution < 1.29 is 32.9 Å². The number of carbonyl (C=O) groups excluding carboxylic acids is 1. The molecule has 70 heavy (non-hydrogen) atoms. The molecule has 0 radical (unpaired) electrons. The molecule has 0 fully saturated rings. The van der Waals surface area contributed by atoms with Gasteiger partial charge in [-0.2, -0.15) is 0 Å². The quantitative estimate of drug-likeness (QED) is 0.0272. The molecule has 2 N–H and O–H groups in total. The van der Waals surface area contributed by atoms with Crippen LogP contribution in [0.4, 0.5) is 0 Å². The predicted molar refractivity (Wildman–Crippen MR) is 302 cm³/mol. The van der Waals surface area contributed by atoms with Crippen LogP contribution in [0.3, 0.4) is 0 Å². The van der Waals surface area contributed by atoms with Gasteiger partial charge in [-0.25, -0.2) is 0 Å². The summed E-state index contributed by atoms with van der Waals surface area (Å²) in [7, 11) is 1.25. The lowest BCUT2D eigenvalue weighted by Gasteiger charge is -2.29. The van der Waals surface area contributed by atoms with Crippen LogP contribution in [0.5, 0.6) is 0 Å². The number of aliphatic hydroxyl groups is 1. The maximum absolute atomic E-state index is 13.0. The highest BCUT2D eigenvalue weighted by atomic mass is 31.2. The number of hydrogen-bond acceptors (Lipinski definition) is 6. The van der Waals surface area contributed by atoms with Crippen LogP contribution < -0.4 is 10.2 Å². The zero-order valence-corrected chi connectivity index (χ0v) is 48.1. The third-order valence-electron chi connectivity index (χ3n) is 13.8. The van der Waals surface area contributed by atoms with Crippen molar-refractivity contribution in [2.45, 2.75) is 309 Å². The topological polar surface area (TPSA) is 108 Å². The van der Waals surface area contributed by atoms with Crippen molar-refractivity contribution >= 4 is 13.7 Å². The molecule has 3 unspecified atom stereocenters. The number of phosphoric ester groups is 1. The number of unbranched alkanes of at least 4 members (excludes halogenated alkanes) is 39. The summed E-state index contributed by atoms with van der Waals surface area (Å²) in [6.07, 6.45) is 68.0. The maximum atomic E-state index is 13.0. The summed E-state index contributed by atoms with van der Waals surface area (Å²) in [5.74, 6) is -0.203. The molecule has 0 aliphatic carbocycles. The van der Waals surface area contributed by atoms with E-state index < -0.39 is 26.6 Å². The number of carbonyl (C=O) groups is 1. The van der Waals surface area contributed by atoms with Crippen molar-refractivity contribution in [3.05, 3.63) is 36.5 Å². The average molecular weight is 1010 g/mol. The summed E-state index contributed by atoms with van der Waals surface area (Å²) in [6, 6.07) is -0.903. The van der Waals surface area contributed by atoms with Crippen molar-refractivity contribution in [1.29, 1.82) is 0 Å². The van der Waals surface area contributed by atoms with Gasteiger partial charge in [-0.15, -0.1) is 0 Å². The zero-order valence-electron chi connectivity index (χ0n) is 47.2. The molecule has 0 aromatic heterocycles. The van der Waals surface area contributed by atoms with Crippen LogP contribution in [-0.2, 0) is 18.4 Å². The van der Waals surface area contributed by atoms with Crippen LogP contribution in [0.15, 0.2) is 36.5 Å². The van der Waals surface area contributed by atoms with E-state index in [1.54, 1.807) is 6.08 Å². The van der Waals surface area contributed by atoms with Gasteiger partial charge in [0.05, 0.1) is 39.9 Å². The fourth-order valence-electron chi connectivity index (χ4n) is 9.05. The van der Waals surface area contributed by atoms with E-state index in [0.29, 0.717) is 17.4 Å². The number of allylic oxidation sites excluding steroid dienone is 5. The van der Waals surface area contributed by atoms with Crippen LogP contribution in [-0.4, -0.2) is 68.5 Å². The first-order valence-electron chi connectivity index (χ1n) is 30.4. The Labute approximate surface area is 436 Å². The highest BCUT2D eigenvalue weighted by Gasteiger charge is 2.23. The lowest BCUT2D eigenvalue weighted by atomic mass is 10.0. The van der Waals surface area contributed by atoms with Crippen molar-refractivity contribution in [1.82, 2.24) is 5.32 Å². The normalized spacial score (nSPS) is 14.1. The van der Waals surface area contributed by atoms with E-state index in [0.717, 1.165) is 38.5 Å². The number of amides is 1. The Morgan fingerprint density at radius 2 is 0.800 bits per heavy atom. The van der Waals surface area contributed by atoms with E-state index in [1.165, 1.54) is 238 Å². The Morgan fingerprint density at radius 1 is 0.486 bits per heavy atom. The van der Waals surface area contributed by atoms with Gasteiger partial charge in [0.1, 0.15) is 13.2 Å². The lowest BCUT2D eigenvalue weighted by molar-refractivity contribution is -0.870. The SMILES string of the molecule is CCCCCCCCCC/C=C\CCCCCCCCCCCCCCCC(=O)NC(COP(=O)([O-])OCC[N+](C)(C)C)C(O)/C=C/CC/C=C/CCCCCCCCCCCCCCCCCCC. The Kier molecular flexibility index (Phi) is 51.6. The monoisotopic (exact) mass is 1010 g/mol. The van der Waals surface area contributed by atoms with E-state index in [9.17, 15) is 19.4 Å². The highest BCUT2D eigenvalue weighted by molar-refractivity contribution is 7.45. The Morgan fingerprint density at radius 3 is 1.16 bits per heavy atom. The van der Waals surface area contributed by atoms with Gasteiger partial charge < -0.3 is 28.8 Å². The Hall–Kier alpha value is -1.28. The number of phosphoric acid groups is 1. The average Bonchev–Trinajstić information content (AvgIpc) is 3.32. The molecule has 0 heterocycles. The molecule has 9 heteroatoms. The molecule has 0 spiro atoms. The standard InChI is InChI=1S/C61H119N2O6P/c1-6-8-10-12-14-16-18-20-22-24-26-28-30-31-33-35-37-39-41-43-45-47-49-51-53-55-61(65)62-59(58-69-70(66,67)68-57-56-63(3,4)5)60(64)54-52-50-48-46-44-42-40-38-36-34-32-29-27-25-23-21-19-17-15-13-11-9-7-2/h24,26,44,46,52,54,59-60,64H,6-23,25,27-43,45,47-51,53,55-58H2,1-5H3,(H-,62,65,66,67)/b26-24-,46-44+,54-52+. The van der Waals surface area contributed by atoms with Gasteiger partial charge in [0.25, 0.3) is 7.82 Å². The van der Waals surface area contributed by atoms with E-state index >= 15 is 0 Å². The predicted octanol–water partition coefficient (Wildman–Crippen LogP) is 17.9. The van der Waals surface area contributed by atoms with Crippen molar-refractivity contribution in [3.63, 3.8) is 0 Å². The molecular formula is C61H119N2O6P. The largest absolute Gasteiger partial charge is 0.756 e. The summed E-state index contributed by atoms with van der Waals surface area (Å²) < 4.78 is 23.4. The third-order valence-corrected chi connectivity index (χ3v) is 14.8. The molecule has 1 amide bonds. The summed E-state index contributed by atoms with van der Waals surface area (Å²) >= 11 is 0. The van der Waals surface area contributed by atoms with Crippen LogP contribution in [0.1, 0.15) is 296 Å². The summed E-state index contributed by atoms with van der Waals surface area (Å²) in [5, 5.41) is 13.9. The molecule has 0 aromatic rings. The molecule has 0 aromatic carbocycles. The molecule has 0 aliphatic heterocycles. The molecule has 414 valence electrons. The van der Waals surface area contributed by atoms with Crippen molar-refractivity contribution in [3.8, 4) is 0 Å². The number of hydrogen-bond donors (Lipinski definition) is 2. The van der Waals surface area contributed by atoms with Crippen LogP contribution in [0.2, 0.25) is 0 Å². The van der Waals surface area contributed by atoms with E-state index in [4.69, 9.17) is 9.05 Å². The highest BCUT2D eigenvalue weighted by Crippen LogP contribution is 2.38. The van der Waals surface area contributed by atoms with Gasteiger partial charge in [0.15, 0.2) is 0 Å². The summed E-state index contributed by atoms with van der Waals surface area (Å²) in [5.41, 5.74) is 0. The van der Waals surface area contributed by atoms with Crippen molar-refractivity contribution in [2.24, 2.45) is 0 Å². The zero-order chi connectivity index (χ0) is 51.3. The second-order valence-electron chi connectivity index (χ2n) is 22.0. The van der Waals surface area contributed by atoms with E-state index in [-0.39, 0.29) is 12.5 Å². The molecule has 0 rings (SSSR count). The number of nitrogens with zero attached hydrogens (tertiary/aromatic N) is 1. The first-order chi connectivity index (χ1) is 34.0. The first kappa shape index (κ1) is 68.7. The minimum Gasteiger partial charge on any atom is -0.756 e. The van der Waals surface area contributed by atoms with Gasteiger partial charge in [0, 0.05) is 6.42 Å². The van der Waals surface area contributed by atoms with Gasteiger partial charge in [-0.05, 0) is 57.8 Å². The minimum atomic E-state index is -4.61. The van der Waals surface area contributed by atoms with Gasteiger partial charge in [-0.3, -0.25) is 9.36 Å². The molecule has 0 aliphatic rings. The fraction of sp³-hybridized carbons (Fsp3) is 0.885. The molecule has 8 nitrogen and oxygen atoms in total. The fourth-order valence-corrected chi connectivity index (χ4v) is 9.77. The molecule has 0 saturated heterocycles. The number of rotatable bonds is 56. The summed E-state index contributed by atoms with van der Waals surface area (Å²) in [4.78, 5) is 25.5. The Bertz CT molecular complexity index is 1230. The van der Waals surface area contributed by atoms with E-state index in [2.05, 4.69) is 43.5 Å². The number of nitrogens with one attached hydrogen (secondary N) is 1. The van der Waals surface area contributed by atoms with Crippen molar-refractivity contribution in [2.75, 3.05) is 40.9 Å². The van der Waals surface area contributed by atoms with Crippen LogP contribution in [0, 0.1) is 0 Å². The molecule has 3 atom stereocenters. The smallest absolute Gasteiger partial charge is 0.268 e. The molecular weight excluding hydrogens is 888 g/mol. The third kappa shape index (κ3) is 54.5. The molecule has 0 bridgehead atoms. The maximum Gasteiger partial charge on any atom is 0.268 e. The van der Waals surface area contributed by atoms with Gasteiger partial charge >= 0.3 is 0 Å². The van der Waals surface area contributed by atoms with Gasteiger partial charge in [0.2, 0.25) is 5.91 Å². The first-order valence-corrected chi connectivity index (χ1v) is 31.8. The number of quaternary nitrogens is 1. The minimum absolute atomic E-state index is 0.00527. The van der Waals surface area contributed by atoms with Crippen LogP contribution in [0.25, 0.3) is 0 Å².